The number of pyridine rings is 1. The van der Waals surface area contributed by atoms with Crippen LogP contribution in [0.5, 0.6) is 11.5 Å². The molecular formula is C28H26N2O7. The van der Waals surface area contributed by atoms with Gasteiger partial charge in [-0.25, -0.2) is 4.79 Å². The number of hydrogen-bond acceptors (Lipinski definition) is 8. The highest BCUT2D eigenvalue weighted by molar-refractivity contribution is 6.51. The maximum Gasteiger partial charge on any atom is 0.338 e. The number of rotatable bonds is 7. The van der Waals surface area contributed by atoms with Gasteiger partial charge < -0.3 is 19.3 Å². The van der Waals surface area contributed by atoms with E-state index in [0.29, 0.717) is 16.9 Å². The van der Waals surface area contributed by atoms with Crippen LogP contribution in [0, 0.1) is 0 Å². The number of ether oxygens (including phenoxy) is 3. The number of nitrogens with zero attached hydrogens (tertiary/aromatic N) is 2. The minimum atomic E-state index is -1.05. The Kier molecular flexibility index (Phi) is 7.24. The number of hydrogen-bond donors (Lipinski definition) is 1. The molecule has 0 saturated carbocycles. The molecule has 1 amide bonds. The zero-order valence-corrected chi connectivity index (χ0v) is 20.8. The number of aliphatic hydroxyl groups is 1. The monoisotopic (exact) mass is 502 g/mol. The third kappa shape index (κ3) is 4.75. The molecule has 3 aromatic rings. The minimum absolute atomic E-state index is 0.137. The van der Waals surface area contributed by atoms with Crippen molar-refractivity contribution >= 4 is 29.1 Å². The van der Waals surface area contributed by atoms with Gasteiger partial charge in [0.05, 0.1) is 37.2 Å². The lowest BCUT2D eigenvalue weighted by Gasteiger charge is -2.25. The molecule has 1 saturated heterocycles. The summed E-state index contributed by atoms with van der Waals surface area (Å²) in [6.07, 6.45) is 1.24. The van der Waals surface area contributed by atoms with Gasteiger partial charge >= 0.3 is 5.97 Å². The fourth-order valence-corrected chi connectivity index (χ4v) is 4.18. The van der Waals surface area contributed by atoms with Crippen molar-refractivity contribution in [2.45, 2.75) is 26.0 Å². The second kappa shape index (κ2) is 10.5. The maximum atomic E-state index is 13.4. The smallest absolute Gasteiger partial charge is 0.338 e. The van der Waals surface area contributed by atoms with Gasteiger partial charge in [-0.2, -0.15) is 0 Å². The molecule has 2 aromatic carbocycles. The molecule has 4 rings (SSSR count). The van der Waals surface area contributed by atoms with E-state index in [1.807, 2.05) is 0 Å². The van der Waals surface area contributed by atoms with E-state index < -0.39 is 29.5 Å². The molecule has 1 aromatic heterocycles. The predicted octanol–water partition coefficient (Wildman–Crippen LogP) is 4.29. The van der Waals surface area contributed by atoms with E-state index in [4.69, 9.17) is 14.2 Å². The Morgan fingerprint density at radius 2 is 1.59 bits per heavy atom. The van der Waals surface area contributed by atoms with Crippen molar-refractivity contribution in [3.63, 3.8) is 0 Å². The highest BCUT2D eigenvalue weighted by atomic mass is 16.5. The summed E-state index contributed by atoms with van der Waals surface area (Å²) in [4.78, 5) is 44.6. The molecule has 1 atom stereocenters. The first-order valence-electron chi connectivity index (χ1n) is 11.5. The first-order valence-corrected chi connectivity index (χ1v) is 11.5. The number of amides is 1. The Morgan fingerprint density at radius 3 is 2.14 bits per heavy atom. The van der Waals surface area contributed by atoms with Crippen LogP contribution >= 0.6 is 0 Å². The Balaban J connectivity index is 1.89. The fourth-order valence-electron chi connectivity index (χ4n) is 4.18. The molecule has 9 heteroatoms. The average molecular weight is 503 g/mol. The van der Waals surface area contributed by atoms with Crippen molar-refractivity contribution < 1.29 is 33.7 Å². The molecule has 190 valence electrons. The van der Waals surface area contributed by atoms with Crippen molar-refractivity contribution in [1.82, 2.24) is 4.98 Å². The van der Waals surface area contributed by atoms with E-state index in [2.05, 4.69) is 4.98 Å². The van der Waals surface area contributed by atoms with E-state index in [0.717, 1.165) is 0 Å². The van der Waals surface area contributed by atoms with Crippen molar-refractivity contribution in [3.05, 3.63) is 89.3 Å². The SMILES string of the molecule is COc1cccc(OC)c1/C(O)=C1\C(=O)C(=O)N(c2ccc(C(=O)OC(C)C)cc2)C1c1ccccn1. The molecule has 1 unspecified atom stereocenters. The molecule has 9 nitrogen and oxygen atoms in total. The van der Waals surface area contributed by atoms with Gasteiger partial charge in [0.25, 0.3) is 11.7 Å². The van der Waals surface area contributed by atoms with Crippen molar-refractivity contribution in [1.29, 1.82) is 0 Å². The highest BCUT2D eigenvalue weighted by Gasteiger charge is 2.48. The van der Waals surface area contributed by atoms with Crippen LogP contribution in [-0.2, 0) is 14.3 Å². The van der Waals surface area contributed by atoms with Crippen LogP contribution in [0.1, 0.15) is 41.5 Å². The van der Waals surface area contributed by atoms with Crippen LogP contribution in [0.4, 0.5) is 5.69 Å². The maximum absolute atomic E-state index is 13.4. The number of esters is 1. The third-order valence-corrected chi connectivity index (χ3v) is 5.80. The molecule has 1 aliphatic heterocycles. The molecule has 0 spiro atoms. The number of methoxy groups -OCH3 is 2. The number of Topliss-reactive ketones (excluding diaryl/α,β-unsaturated/α-hetero) is 1. The van der Waals surface area contributed by atoms with E-state index in [1.54, 1.807) is 62.4 Å². The highest BCUT2D eigenvalue weighted by Crippen LogP contribution is 2.44. The lowest BCUT2D eigenvalue weighted by molar-refractivity contribution is -0.132. The van der Waals surface area contributed by atoms with Crippen molar-refractivity contribution in [2.24, 2.45) is 0 Å². The molecule has 2 heterocycles. The molecule has 0 bridgehead atoms. The summed E-state index contributed by atoms with van der Waals surface area (Å²) >= 11 is 0. The van der Waals surface area contributed by atoms with Gasteiger partial charge in [0.1, 0.15) is 28.9 Å². The van der Waals surface area contributed by atoms with E-state index in [9.17, 15) is 19.5 Å². The molecule has 0 aliphatic carbocycles. The Hall–Kier alpha value is -4.66. The Morgan fingerprint density at radius 1 is 0.946 bits per heavy atom. The van der Waals surface area contributed by atoms with E-state index in [1.165, 1.54) is 37.4 Å². The van der Waals surface area contributed by atoms with Crippen LogP contribution < -0.4 is 14.4 Å². The summed E-state index contributed by atoms with van der Waals surface area (Å²) in [5, 5.41) is 11.5. The standard InChI is InChI=1S/C28H26N2O7/c1-16(2)37-28(34)17-11-13-18(14-12-17)30-24(19-8-5-6-15-29-19)23(26(32)27(30)33)25(31)22-20(35-3)9-7-10-21(22)36-4/h5-16,24,31H,1-4H3/b25-23+. The first-order chi connectivity index (χ1) is 17.8. The largest absolute Gasteiger partial charge is 0.506 e. The van der Waals surface area contributed by atoms with Crippen LogP contribution in [0.2, 0.25) is 0 Å². The summed E-state index contributed by atoms with van der Waals surface area (Å²) in [6, 6.07) is 15.0. The summed E-state index contributed by atoms with van der Waals surface area (Å²) in [5.74, 6) is -2.20. The quantitative estimate of drug-likeness (QED) is 0.220. The van der Waals surface area contributed by atoms with Crippen molar-refractivity contribution in [2.75, 3.05) is 19.1 Å². The molecule has 0 radical (unpaired) electrons. The number of carbonyl (C=O) groups is 3. The number of benzene rings is 2. The number of ketones is 1. The molecule has 1 N–H and O–H groups in total. The zero-order valence-electron chi connectivity index (χ0n) is 20.8. The van der Waals surface area contributed by atoms with Gasteiger partial charge in [0.15, 0.2) is 0 Å². The van der Waals surface area contributed by atoms with E-state index >= 15 is 0 Å². The van der Waals surface area contributed by atoms with Gasteiger partial charge in [0, 0.05) is 11.9 Å². The van der Waals surface area contributed by atoms with Gasteiger partial charge in [-0.15, -0.1) is 0 Å². The molecule has 1 aliphatic rings. The average Bonchev–Trinajstić information content (AvgIpc) is 3.18. The topological polar surface area (TPSA) is 115 Å². The fraction of sp³-hybridized carbons (Fsp3) is 0.214. The zero-order chi connectivity index (χ0) is 26.7. The summed E-state index contributed by atoms with van der Waals surface area (Å²) < 4.78 is 16.0. The normalized spacial score (nSPS) is 16.7. The van der Waals surface area contributed by atoms with Crippen LogP contribution in [0.25, 0.3) is 5.76 Å². The summed E-state index contributed by atoms with van der Waals surface area (Å²) in [6.45, 7) is 3.49. The number of aliphatic hydroxyl groups excluding tert-OH is 1. The number of aromatic nitrogens is 1. The minimum Gasteiger partial charge on any atom is -0.506 e. The number of carbonyl (C=O) groups excluding carboxylic acids is 3. The molecule has 37 heavy (non-hydrogen) atoms. The predicted molar refractivity (Wildman–Crippen MR) is 136 cm³/mol. The van der Waals surface area contributed by atoms with Crippen LogP contribution in [0.3, 0.4) is 0 Å². The first kappa shape index (κ1) is 25.4. The lowest BCUT2D eigenvalue weighted by atomic mass is 9.97. The summed E-state index contributed by atoms with van der Waals surface area (Å²) in [7, 11) is 2.85. The van der Waals surface area contributed by atoms with Gasteiger partial charge in [0.2, 0.25) is 0 Å². The number of anilines is 1. The molecular weight excluding hydrogens is 476 g/mol. The second-order valence-corrected chi connectivity index (χ2v) is 8.46. The Bertz CT molecular complexity index is 1340. The molecule has 1 fully saturated rings. The third-order valence-electron chi connectivity index (χ3n) is 5.80. The van der Waals surface area contributed by atoms with Gasteiger partial charge in [-0.1, -0.05) is 12.1 Å². The van der Waals surface area contributed by atoms with Crippen LogP contribution in [-0.4, -0.2) is 48.1 Å². The van der Waals surface area contributed by atoms with Gasteiger partial charge in [-0.3, -0.25) is 19.5 Å². The summed E-state index contributed by atoms with van der Waals surface area (Å²) in [5.41, 5.74) is 0.959. The van der Waals surface area contributed by atoms with Gasteiger partial charge in [-0.05, 0) is 62.4 Å². The second-order valence-electron chi connectivity index (χ2n) is 8.46. The van der Waals surface area contributed by atoms with Crippen LogP contribution in [0.15, 0.2) is 72.4 Å². The van der Waals surface area contributed by atoms with Crippen molar-refractivity contribution in [3.8, 4) is 11.5 Å². The van der Waals surface area contributed by atoms with E-state index in [-0.39, 0.29) is 28.7 Å². The lowest BCUT2D eigenvalue weighted by Crippen LogP contribution is -2.29. The Labute approximate surface area is 213 Å².